The van der Waals surface area contributed by atoms with Crippen LogP contribution < -0.4 is 0 Å². The van der Waals surface area contributed by atoms with E-state index in [1.54, 1.807) is 29.0 Å². The Morgan fingerprint density at radius 2 is 1.68 bits per heavy atom. The van der Waals surface area contributed by atoms with Gasteiger partial charge in [-0.05, 0) is 54.1 Å². The smallest absolute Gasteiger partial charge is 0.212 e. The van der Waals surface area contributed by atoms with E-state index >= 15 is 0 Å². The number of hydrogen-bond donors (Lipinski definition) is 0. The van der Waals surface area contributed by atoms with Crippen molar-refractivity contribution in [2.45, 2.75) is 10.9 Å². The Morgan fingerprint density at radius 1 is 0.964 bits per heavy atom. The molecule has 0 saturated heterocycles. The molecular formula is C20H14Cl2N4OS. The van der Waals surface area contributed by atoms with E-state index in [2.05, 4.69) is 15.3 Å². The molecule has 0 amide bonds. The second-order valence-electron chi connectivity index (χ2n) is 5.83. The highest BCUT2D eigenvalue weighted by Gasteiger charge is 2.06. The molecule has 5 nitrogen and oxygen atoms in total. The zero-order valence-corrected chi connectivity index (χ0v) is 16.8. The lowest BCUT2D eigenvalue weighted by molar-refractivity contribution is 0.573. The largest absolute Gasteiger partial charge is 0.455 e. The molecule has 4 aromatic rings. The van der Waals surface area contributed by atoms with E-state index in [-0.39, 0.29) is 0 Å². The maximum absolute atomic E-state index is 5.92. The molecule has 4 rings (SSSR count). The zero-order chi connectivity index (χ0) is 19.3. The number of benzene rings is 2. The Morgan fingerprint density at radius 3 is 2.43 bits per heavy atom. The van der Waals surface area contributed by atoms with Crippen LogP contribution >= 0.6 is 35.0 Å². The topological polar surface area (TPSA) is 56.2 Å². The van der Waals surface area contributed by atoms with Gasteiger partial charge in [0.15, 0.2) is 0 Å². The standard InChI is InChI=1S/C20H14Cl2N4OS/c21-16-5-1-14(2-6-16)12-28-20-25-23-13-26(20)24-11-18-9-10-19(27-18)15-3-7-17(22)8-4-15/h1-11,13H,12H2/b24-11+. The minimum absolute atomic E-state index is 0.632. The number of rotatable bonds is 6. The summed E-state index contributed by atoms with van der Waals surface area (Å²) in [6.45, 7) is 0. The van der Waals surface area contributed by atoms with Crippen LogP contribution in [0.4, 0.5) is 0 Å². The third kappa shape index (κ3) is 4.65. The van der Waals surface area contributed by atoms with Crippen molar-refractivity contribution in [1.29, 1.82) is 0 Å². The summed E-state index contributed by atoms with van der Waals surface area (Å²) in [6, 6.07) is 18.9. The lowest BCUT2D eigenvalue weighted by Gasteiger charge is -2.01. The first-order valence-corrected chi connectivity index (χ1v) is 10.1. The molecule has 0 bridgehead atoms. The maximum Gasteiger partial charge on any atom is 0.212 e. The van der Waals surface area contributed by atoms with E-state index in [4.69, 9.17) is 27.6 Å². The molecule has 2 aromatic heterocycles. The van der Waals surface area contributed by atoms with Gasteiger partial charge in [0, 0.05) is 21.4 Å². The number of thioether (sulfide) groups is 1. The summed E-state index contributed by atoms with van der Waals surface area (Å²) in [5, 5.41) is 14.5. The first-order chi connectivity index (χ1) is 13.7. The van der Waals surface area contributed by atoms with Crippen molar-refractivity contribution in [3.63, 3.8) is 0 Å². The van der Waals surface area contributed by atoms with Crippen LogP contribution in [0.5, 0.6) is 0 Å². The second-order valence-corrected chi connectivity index (χ2v) is 7.64. The summed E-state index contributed by atoms with van der Waals surface area (Å²) >= 11 is 13.4. The van der Waals surface area contributed by atoms with Crippen LogP contribution in [0.1, 0.15) is 11.3 Å². The molecule has 0 N–H and O–H groups in total. The van der Waals surface area contributed by atoms with Gasteiger partial charge in [0.1, 0.15) is 17.8 Å². The third-order valence-electron chi connectivity index (χ3n) is 3.85. The van der Waals surface area contributed by atoms with Crippen LogP contribution in [-0.4, -0.2) is 21.1 Å². The number of nitrogens with zero attached hydrogens (tertiary/aromatic N) is 4. The van der Waals surface area contributed by atoms with E-state index in [0.29, 0.717) is 15.9 Å². The van der Waals surface area contributed by atoms with Crippen LogP contribution in [0.2, 0.25) is 10.0 Å². The van der Waals surface area contributed by atoms with Crippen LogP contribution in [0.15, 0.2) is 81.7 Å². The Labute approximate surface area is 176 Å². The predicted molar refractivity (Wildman–Crippen MR) is 113 cm³/mol. The predicted octanol–water partition coefficient (Wildman–Crippen LogP) is 6.02. The Bertz CT molecular complexity index is 1090. The number of aromatic nitrogens is 3. The molecule has 0 saturated carbocycles. The fraction of sp³-hybridized carbons (Fsp3) is 0.0500. The molecule has 0 unspecified atom stereocenters. The Balaban J connectivity index is 1.43. The van der Waals surface area contributed by atoms with Gasteiger partial charge in [0.05, 0.1) is 6.21 Å². The van der Waals surface area contributed by atoms with Gasteiger partial charge in [-0.25, -0.2) is 0 Å². The molecule has 2 heterocycles. The first-order valence-electron chi connectivity index (χ1n) is 8.35. The highest BCUT2D eigenvalue weighted by molar-refractivity contribution is 7.98. The van der Waals surface area contributed by atoms with E-state index in [0.717, 1.165) is 27.7 Å². The minimum Gasteiger partial charge on any atom is -0.455 e. The minimum atomic E-state index is 0.632. The second kappa shape index (κ2) is 8.65. The van der Waals surface area contributed by atoms with Crippen LogP contribution in [0.25, 0.3) is 11.3 Å². The van der Waals surface area contributed by atoms with Crippen molar-refractivity contribution >= 4 is 41.2 Å². The van der Waals surface area contributed by atoms with Crippen LogP contribution in [0.3, 0.4) is 0 Å². The molecule has 0 spiro atoms. The maximum atomic E-state index is 5.92. The molecule has 0 atom stereocenters. The fourth-order valence-corrected chi connectivity index (χ4v) is 3.50. The van der Waals surface area contributed by atoms with E-state index < -0.39 is 0 Å². The average Bonchev–Trinajstić information content (AvgIpc) is 3.36. The molecule has 28 heavy (non-hydrogen) atoms. The number of furan rings is 1. The molecule has 140 valence electrons. The van der Waals surface area contributed by atoms with E-state index in [1.807, 2.05) is 60.7 Å². The monoisotopic (exact) mass is 428 g/mol. The molecular weight excluding hydrogens is 415 g/mol. The summed E-state index contributed by atoms with van der Waals surface area (Å²) < 4.78 is 7.44. The highest BCUT2D eigenvalue weighted by Crippen LogP contribution is 2.24. The van der Waals surface area contributed by atoms with Gasteiger partial charge in [0.2, 0.25) is 5.16 Å². The summed E-state index contributed by atoms with van der Waals surface area (Å²) in [4.78, 5) is 0. The molecule has 0 fully saturated rings. The van der Waals surface area contributed by atoms with Gasteiger partial charge in [-0.15, -0.1) is 10.2 Å². The van der Waals surface area contributed by atoms with E-state index in [9.17, 15) is 0 Å². The summed E-state index contributed by atoms with van der Waals surface area (Å²) in [7, 11) is 0. The summed E-state index contributed by atoms with van der Waals surface area (Å²) in [5.41, 5.74) is 2.10. The average molecular weight is 429 g/mol. The number of hydrogen-bond acceptors (Lipinski definition) is 5. The van der Waals surface area contributed by atoms with Crippen molar-refractivity contribution in [2.75, 3.05) is 0 Å². The highest BCUT2D eigenvalue weighted by atomic mass is 35.5. The molecule has 0 aliphatic carbocycles. The number of halogens is 2. The molecule has 8 heteroatoms. The zero-order valence-electron chi connectivity index (χ0n) is 14.5. The van der Waals surface area contributed by atoms with Crippen molar-refractivity contribution < 1.29 is 4.42 Å². The summed E-state index contributed by atoms with van der Waals surface area (Å²) in [5.74, 6) is 2.12. The van der Waals surface area contributed by atoms with Crippen LogP contribution in [-0.2, 0) is 5.75 Å². The lowest BCUT2D eigenvalue weighted by Crippen LogP contribution is -1.92. The normalized spacial score (nSPS) is 11.4. The third-order valence-corrected chi connectivity index (χ3v) is 5.35. The molecule has 0 aliphatic heterocycles. The fourth-order valence-electron chi connectivity index (χ4n) is 2.43. The molecule has 0 radical (unpaired) electrons. The molecule has 2 aromatic carbocycles. The van der Waals surface area contributed by atoms with Gasteiger partial charge in [-0.1, -0.05) is 47.1 Å². The lowest BCUT2D eigenvalue weighted by atomic mass is 10.2. The van der Waals surface area contributed by atoms with Crippen LogP contribution in [0, 0.1) is 0 Å². The molecule has 0 aliphatic rings. The Hall–Kier alpha value is -2.54. The van der Waals surface area contributed by atoms with Gasteiger partial charge in [-0.2, -0.15) is 9.78 Å². The van der Waals surface area contributed by atoms with Crippen molar-refractivity contribution in [2.24, 2.45) is 5.10 Å². The van der Waals surface area contributed by atoms with Gasteiger partial charge in [-0.3, -0.25) is 0 Å². The van der Waals surface area contributed by atoms with Gasteiger partial charge in [0.25, 0.3) is 0 Å². The first kappa shape index (κ1) is 18.8. The van der Waals surface area contributed by atoms with Gasteiger partial charge >= 0.3 is 0 Å². The summed E-state index contributed by atoms with van der Waals surface area (Å²) in [6.07, 6.45) is 3.19. The van der Waals surface area contributed by atoms with Crippen molar-refractivity contribution in [3.05, 3.63) is 88.4 Å². The van der Waals surface area contributed by atoms with Crippen molar-refractivity contribution in [3.8, 4) is 11.3 Å². The van der Waals surface area contributed by atoms with Crippen molar-refractivity contribution in [1.82, 2.24) is 14.9 Å². The SMILES string of the molecule is Clc1ccc(CSc2nncn2/N=C/c2ccc(-c3ccc(Cl)cc3)o2)cc1. The quantitative estimate of drug-likeness (QED) is 0.278. The van der Waals surface area contributed by atoms with Gasteiger partial charge < -0.3 is 4.42 Å². The van der Waals surface area contributed by atoms with E-state index in [1.165, 1.54) is 0 Å². The Kier molecular flexibility index (Phi) is 5.81.